The summed E-state index contributed by atoms with van der Waals surface area (Å²) in [6.45, 7) is 2.23. The molecule has 0 amide bonds. The van der Waals surface area contributed by atoms with Gasteiger partial charge < -0.3 is 9.47 Å². The molecule has 2 nitrogen and oxygen atoms in total. The first-order valence-corrected chi connectivity index (χ1v) is 8.33. The lowest BCUT2D eigenvalue weighted by atomic mass is 9.64. The molecule has 112 valence electrons. The van der Waals surface area contributed by atoms with E-state index < -0.39 is 0 Å². The van der Waals surface area contributed by atoms with Crippen LogP contribution >= 0.6 is 0 Å². The molecule has 0 spiro atoms. The number of ether oxygens (including phenoxy) is 2. The molecule has 2 aliphatic rings. The Balaban J connectivity index is 2.22. The highest BCUT2D eigenvalue weighted by Crippen LogP contribution is 2.47. The molecule has 2 saturated carbocycles. The van der Waals surface area contributed by atoms with E-state index >= 15 is 0 Å². The summed E-state index contributed by atoms with van der Waals surface area (Å²) < 4.78 is 12.0. The van der Waals surface area contributed by atoms with Crippen LogP contribution in [-0.4, -0.2) is 25.9 Å². The predicted octanol–water partition coefficient (Wildman–Crippen LogP) is 4.57. The molecule has 2 heteroatoms. The Hall–Kier alpha value is -0.0800. The summed E-state index contributed by atoms with van der Waals surface area (Å²) in [5.74, 6) is 1.40. The van der Waals surface area contributed by atoms with Gasteiger partial charge in [0.15, 0.2) is 0 Å². The third-order valence-electron chi connectivity index (χ3n) is 5.83. The molecular weight excluding hydrogens is 236 g/mol. The molecular formula is C17H32O2. The average Bonchev–Trinajstić information content (AvgIpc) is 2.50. The topological polar surface area (TPSA) is 18.5 Å². The zero-order chi connectivity index (χ0) is 13.7. The molecule has 0 N–H and O–H groups in total. The van der Waals surface area contributed by atoms with E-state index in [2.05, 4.69) is 6.92 Å². The highest BCUT2D eigenvalue weighted by atomic mass is 16.5. The maximum absolute atomic E-state index is 6.24. The van der Waals surface area contributed by atoms with Crippen molar-refractivity contribution >= 4 is 0 Å². The van der Waals surface area contributed by atoms with Gasteiger partial charge >= 0.3 is 0 Å². The Kier molecular flexibility index (Phi) is 5.70. The van der Waals surface area contributed by atoms with Gasteiger partial charge in [-0.05, 0) is 44.4 Å². The Labute approximate surface area is 119 Å². The van der Waals surface area contributed by atoms with Crippen LogP contribution in [0, 0.1) is 11.8 Å². The van der Waals surface area contributed by atoms with Crippen molar-refractivity contribution < 1.29 is 9.47 Å². The van der Waals surface area contributed by atoms with Gasteiger partial charge in [-0.1, -0.05) is 38.5 Å². The molecule has 0 aliphatic heterocycles. The zero-order valence-electron chi connectivity index (χ0n) is 13.1. The fourth-order valence-electron chi connectivity index (χ4n) is 4.79. The monoisotopic (exact) mass is 268 g/mol. The van der Waals surface area contributed by atoms with E-state index in [4.69, 9.17) is 9.47 Å². The Morgan fingerprint density at radius 3 is 1.53 bits per heavy atom. The SMILES string of the molecule is COC(C)C(OC)(C1CCCCC1)C1CCCCC1. The molecule has 19 heavy (non-hydrogen) atoms. The third-order valence-corrected chi connectivity index (χ3v) is 5.83. The van der Waals surface area contributed by atoms with Gasteiger partial charge in [0.2, 0.25) is 0 Å². The van der Waals surface area contributed by atoms with Crippen LogP contribution in [0.3, 0.4) is 0 Å². The standard InChI is InChI=1S/C17H32O2/c1-14(18-2)17(19-3,15-10-6-4-7-11-15)16-12-8-5-9-13-16/h14-16H,4-13H2,1-3H3. The summed E-state index contributed by atoms with van der Waals surface area (Å²) in [6.07, 6.45) is 13.8. The molecule has 0 bridgehead atoms. The van der Waals surface area contributed by atoms with E-state index in [0.717, 1.165) is 0 Å². The summed E-state index contributed by atoms with van der Waals surface area (Å²) >= 11 is 0. The first-order valence-electron chi connectivity index (χ1n) is 8.33. The molecule has 1 atom stereocenters. The lowest BCUT2D eigenvalue weighted by Crippen LogP contribution is -2.56. The van der Waals surface area contributed by atoms with Gasteiger partial charge in [0, 0.05) is 14.2 Å². The van der Waals surface area contributed by atoms with Crippen molar-refractivity contribution in [3.05, 3.63) is 0 Å². The smallest absolute Gasteiger partial charge is 0.0991 e. The van der Waals surface area contributed by atoms with Gasteiger partial charge in [0.05, 0.1) is 11.7 Å². The van der Waals surface area contributed by atoms with E-state index in [1.165, 1.54) is 64.2 Å². The lowest BCUT2D eigenvalue weighted by Gasteiger charge is -2.51. The highest BCUT2D eigenvalue weighted by Gasteiger charge is 2.50. The Morgan fingerprint density at radius 1 is 0.789 bits per heavy atom. The minimum atomic E-state index is -0.0322. The van der Waals surface area contributed by atoms with Gasteiger partial charge in [-0.15, -0.1) is 0 Å². The highest BCUT2D eigenvalue weighted by molar-refractivity contribution is 5.00. The average molecular weight is 268 g/mol. The number of hydrogen-bond acceptors (Lipinski definition) is 2. The Bertz CT molecular complexity index is 234. The number of methoxy groups -OCH3 is 2. The van der Waals surface area contributed by atoms with Gasteiger partial charge in [0.1, 0.15) is 0 Å². The van der Waals surface area contributed by atoms with Gasteiger partial charge in [-0.25, -0.2) is 0 Å². The maximum atomic E-state index is 6.24. The first kappa shape index (κ1) is 15.3. The molecule has 2 rings (SSSR count). The van der Waals surface area contributed by atoms with Crippen molar-refractivity contribution in [3.63, 3.8) is 0 Å². The fraction of sp³-hybridized carbons (Fsp3) is 1.00. The van der Waals surface area contributed by atoms with E-state index in [0.29, 0.717) is 11.8 Å². The number of hydrogen-bond donors (Lipinski definition) is 0. The number of rotatable bonds is 5. The van der Waals surface area contributed by atoms with Crippen molar-refractivity contribution in [3.8, 4) is 0 Å². The second-order valence-corrected chi connectivity index (χ2v) is 6.61. The van der Waals surface area contributed by atoms with Crippen LogP contribution in [0.4, 0.5) is 0 Å². The maximum Gasteiger partial charge on any atom is 0.0991 e. The molecule has 2 aliphatic carbocycles. The van der Waals surface area contributed by atoms with E-state index in [-0.39, 0.29) is 11.7 Å². The van der Waals surface area contributed by atoms with Gasteiger partial charge in [-0.2, -0.15) is 0 Å². The van der Waals surface area contributed by atoms with Gasteiger partial charge in [-0.3, -0.25) is 0 Å². The van der Waals surface area contributed by atoms with Crippen LogP contribution in [0.5, 0.6) is 0 Å². The molecule has 0 saturated heterocycles. The minimum absolute atomic E-state index is 0.0322. The summed E-state index contributed by atoms with van der Waals surface area (Å²) in [4.78, 5) is 0. The van der Waals surface area contributed by atoms with E-state index in [9.17, 15) is 0 Å². The van der Waals surface area contributed by atoms with Crippen LogP contribution < -0.4 is 0 Å². The molecule has 0 aromatic heterocycles. The fourth-order valence-corrected chi connectivity index (χ4v) is 4.79. The van der Waals surface area contributed by atoms with Crippen LogP contribution in [-0.2, 0) is 9.47 Å². The quantitative estimate of drug-likeness (QED) is 0.727. The lowest BCUT2D eigenvalue weighted by molar-refractivity contribution is -0.188. The molecule has 0 heterocycles. The second-order valence-electron chi connectivity index (χ2n) is 6.61. The molecule has 2 fully saturated rings. The van der Waals surface area contributed by atoms with Gasteiger partial charge in [0.25, 0.3) is 0 Å². The summed E-state index contributed by atoms with van der Waals surface area (Å²) in [5.41, 5.74) is -0.0322. The van der Waals surface area contributed by atoms with Crippen LogP contribution in [0.25, 0.3) is 0 Å². The third kappa shape index (κ3) is 3.00. The second kappa shape index (κ2) is 7.08. The van der Waals surface area contributed by atoms with Crippen molar-refractivity contribution in [2.75, 3.05) is 14.2 Å². The summed E-state index contributed by atoms with van der Waals surface area (Å²) in [7, 11) is 3.78. The zero-order valence-corrected chi connectivity index (χ0v) is 13.1. The molecule has 0 aromatic rings. The molecule has 1 unspecified atom stereocenters. The van der Waals surface area contributed by atoms with Crippen molar-refractivity contribution in [2.45, 2.75) is 82.8 Å². The minimum Gasteiger partial charge on any atom is -0.379 e. The molecule has 0 aromatic carbocycles. The molecule has 0 radical (unpaired) electrons. The van der Waals surface area contributed by atoms with Crippen LogP contribution in [0.2, 0.25) is 0 Å². The van der Waals surface area contributed by atoms with Crippen LogP contribution in [0.15, 0.2) is 0 Å². The van der Waals surface area contributed by atoms with Crippen molar-refractivity contribution in [1.29, 1.82) is 0 Å². The van der Waals surface area contributed by atoms with Crippen molar-refractivity contribution in [2.24, 2.45) is 11.8 Å². The van der Waals surface area contributed by atoms with Crippen LogP contribution in [0.1, 0.15) is 71.1 Å². The largest absolute Gasteiger partial charge is 0.379 e. The first-order chi connectivity index (χ1) is 9.25. The summed E-state index contributed by atoms with van der Waals surface area (Å²) in [5, 5.41) is 0. The normalized spacial score (nSPS) is 25.4. The van der Waals surface area contributed by atoms with E-state index in [1.54, 1.807) is 0 Å². The van der Waals surface area contributed by atoms with Crippen molar-refractivity contribution in [1.82, 2.24) is 0 Å². The Morgan fingerprint density at radius 2 is 1.21 bits per heavy atom. The summed E-state index contributed by atoms with van der Waals surface area (Å²) in [6, 6.07) is 0. The van der Waals surface area contributed by atoms with E-state index in [1.807, 2.05) is 14.2 Å². The predicted molar refractivity (Wildman–Crippen MR) is 79.4 cm³/mol.